The molecule has 2 aliphatic heterocycles. The van der Waals surface area contributed by atoms with Crippen molar-refractivity contribution < 1.29 is 46.9 Å². The van der Waals surface area contributed by atoms with Crippen LogP contribution in [0.3, 0.4) is 0 Å². The van der Waals surface area contributed by atoms with Gasteiger partial charge in [0.1, 0.15) is 23.7 Å². The second-order valence-electron chi connectivity index (χ2n) is 17.0. The number of hydrogen-bond donors (Lipinski definition) is 4. The van der Waals surface area contributed by atoms with Crippen LogP contribution in [-0.2, 0) is 28.5 Å². The lowest BCUT2D eigenvalue weighted by molar-refractivity contribution is -0.161. The molecule has 18 heteroatoms. The number of alkyl halides is 2. The topological polar surface area (TPSA) is 193 Å². The van der Waals surface area contributed by atoms with Crippen molar-refractivity contribution in [2.24, 2.45) is 0 Å². The number of nitrogens with one attached hydrogen (secondary N) is 4. The number of ether oxygens (including phenoxy) is 4. The summed E-state index contributed by atoms with van der Waals surface area (Å²) < 4.78 is 46.8. The molecular weight excluding hydrogens is 867 g/mol. The molecule has 0 saturated carbocycles. The predicted molar refractivity (Wildman–Crippen MR) is 243 cm³/mol. The third kappa shape index (κ3) is 10.00. The van der Waals surface area contributed by atoms with E-state index in [1.54, 1.807) is 43.3 Å². The third-order valence-electron chi connectivity index (χ3n) is 12.6. The molecule has 0 aliphatic carbocycles. The summed E-state index contributed by atoms with van der Waals surface area (Å²) in [6.07, 6.45) is 2.44. The van der Waals surface area contributed by atoms with E-state index in [2.05, 4.69) is 55.9 Å². The highest BCUT2D eigenvalue weighted by Crippen LogP contribution is 2.38. The van der Waals surface area contributed by atoms with Crippen molar-refractivity contribution in [2.75, 3.05) is 34.4 Å². The van der Waals surface area contributed by atoms with Crippen LogP contribution in [0.15, 0.2) is 103 Å². The molecule has 2 fully saturated rings. The molecule has 4 aromatic carbocycles. The first-order valence-corrected chi connectivity index (χ1v) is 21.8. The number of hydrogen-bond acceptors (Lipinski definition) is 10. The maximum Gasteiger partial charge on any atom is 0.407 e. The van der Waals surface area contributed by atoms with Crippen molar-refractivity contribution in [3.8, 4) is 33.6 Å². The smallest absolute Gasteiger partial charge is 0.407 e. The summed E-state index contributed by atoms with van der Waals surface area (Å²) in [6, 6.07) is 26.2. The fraction of sp³-hybridized carbons (Fsp3) is 0.347. The quantitative estimate of drug-likeness (QED) is 0.0830. The van der Waals surface area contributed by atoms with E-state index in [0.29, 0.717) is 29.5 Å². The first-order chi connectivity index (χ1) is 32.3. The lowest BCUT2D eigenvalue weighted by atomic mass is 9.96. The zero-order valence-corrected chi connectivity index (χ0v) is 37.6. The Bertz CT molecular complexity index is 2730. The number of halogens is 2. The lowest BCUT2D eigenvalue weighted by Crippen LogP contribution is -2.59. The van der Waals surface area contributed by atoms with Crippen LogP contribution in [0.2, 0.25) is 0 Å². The minimum absolute atomic E-state index is 0.0446. The number of nitrogens with zero attached hydrogens (tertiary/aromatic N) is 4. The summed E-state index contributed by atoms with van der Waals surface area (Å²) in [6.45, 7) is 0.572. The second kappa shape index (κ2) is 19.7. The number of carbonyl (C=O) groups excluding carboxylic acids is 4. The van der Waals surface area contributed by atoms with Gasteiger partial charge < -0.3 is 49.3 Å². The molecule has 8 rings (SSSR count). The standard InChI is InChI=1S/C49H52F2N8O8/c1-49(2,66-5)41(57-48(63)65-4)45(61)59-27-35(67-46(50)51)24-39(59)43-53-25-36(54-43)29-15-13-28(14-16-29)31-17-18-33-23-34(20-19-32(33)22-31)37-26-52-42(55-37)38-12-9-21-58(38)44(60)40(56-47(62)64-3)30-10-7-6-8-11-30/h6-8,10-11,13-20,22-23,25-26,35,38-41,46H,9,12,21,24,27H2,1-5H3,(H,52,55)(H,53,54)(H,56,62)(H,57,63)/t35-,38-,39-,40-,41+/m0/s1. The van der Waals surface area contributed by atoms with E-state index < -0.39 is 54.5 Å². The molecule has 2 saturated heterocycles. The van der Waals surface area contributed by atoms with Gasteiger partial charge in [0.2, 0.25) is 5.91 Å². The van der Waals surface area contributed by atoms with Crippen LogP contribution in [0, 0.1) is 0 Å². The lowest BCUT2D eigenvalue weighted by Gasteiger charge is -2.36. The van der Waals surface area contributed by atoms with Crippen LogP contribution in [0.1, 0.15) is 68.4 Å². The number of H-pyrrole nitrogens is 2. The Labute approximate surface area is 385 Å². The Kier molecular flexibility index (Phi) is 13.7. The van der Waals surface area contributed by atoms with Crippen LogP contribution in [-0.4, -0.2) is 113 Å². The number of fused-ring (bicyclic) bond motifs is 1. The SMILES string of the molecule is COC(=O)N[C@H](C(=O)N1CCC[C@H]1c1ncc(-c2ccc3cc(-c4ccc(-c5cnc([C@@H]6C[C@H](OC(F)F)CN6C(=O)[C@@H](NC(=O)OC)C(C)(C)OC)[nH]5)cc4)ccc3c2)[nH]1)c1ccccc1. The summed E-state index contributed by atoms with van der Waals surface area (Å²) in [7, 11) is 3.84. The summed E-state index contributed by atoms with van der Waals surface area (Å²) in [5, 5.41) is 7.29. The number of methoxy groups -OCH3 is 3. The van der Waals surface area contributed by atoms with Gasteiger partial charge >= 0.3 is 18.8 Å². The fourth-order valence-electron chi connectivity index (χ4n) is 8.87. The van der Waals surface area contributed by atoms with Gasteiger partial charge in [-0.05, 0) is 71.8 Å². The van der Waals surface area contributed by atoms with Gasteiger partial charge in [-0.2, -0.15) is 8.78 Å². The van der Waals surface area contributed by atoms with E-state index in [1.165, 1.54) is 26.2 Å². The molecule has 350 valence electrons. The predicted octanol–water partition coefficient (Wildman–Crippen LogP) is 8.08. The van der Waals surface area contributed by atoms with Gasteiger partial charge in [-0.3, -0.25) is 9.59 Å². The minimum Gasteiger partial charge on any atom is -0.453 e. The van der Waals surface area contributed by atoms with Gasteiger partial charge in [-0.15, -0.1) is 0 Å². The van der Waals surface area contributed by atoms with Gasteiger partial charge in [0.25, 0.3) is 5.91 Å². The van der Waals surface area contributed by atoms with Crippen LogP contribution >= 0.6 is 0 Å². The first kappa shape index (κ1) is 46.4. The van der Waals surface area contributed by atoms with Gasteiger partial charge in [-0.1, -0.05) is 78.9 Å². The van der Waals surface area contributed by atoms with Gasteiger partial charge in [-0.25, -0.2) is 19.6 Å². The Hall–Kier alpha value is -7.18. The van der Waals surface area contributed by atoms with Crippen molar-refractivity contribution in [3.05, 3.63) is 121 Å². The number of amides is 4. The monoisotopic (exact) mass is 918 g/mol. The van der Waals surface area contributed by atoms with E-state index in [0.717, 1.165) is 51.6 Å². The van der Waals surface area contributed by atoms with Crippen molar-refractivity contribution >= 4 is 34.8 Å². The van der Waals surface area contributed by atoms with Crippen LogP contribution in [0.4, 0.5) is 18.4 Å². The number of aromatic nitrogens is 4. The van der Waals surface area contributed by atoms with E-state index in [-0.39, 0.29) is 24.9 Å². The summed E-state index contributed by atoms with van der Waals surface area (Å²) in [5.41, 5.74) is 4.67. The molecule has 67 heavy (non-hydrogen) atoms. The second-order valence-corrected chi connectivity index (χ2v) is 17.0. The average molecular weight is 919 g/mol. The Morgan fingerprint density at radius 1 is 0.716 bits per heavy atom. The van der Waals surface area contributed by atoms with E-state index >= 15 is 0 Å². The largest absolute Gasteiger partial charge is 0.453 e. The third-order valence-corrected chi connectivity index (χ3v) is 12.6. The number of likely N-dealkylation sites (tertiary alicyclic amines) is 2. The molecule has 4 N–H and O–H groups in total. The average Bonchev–Trinajstić information content (AvgIpc) is 4.19. The van der Waals surface area contributed by atoms with Gasteiger partial charge in [0, 0.05) is 32.2 Å². The van der Waals surface area contributed by atoms with Gasteiger partial charge in [0.05, 0.1) is 61.8 Å². The molecule has 0 radical (unpaired) electrons. The van der Waals surface area contributed by atoms with Crippen molar-refractivity contribution in [3.63, 3.8) is 0 Å². The maximum atomic E-state index is 14.1. The van der Waals surface area contributed by atoms with Crippen LogP contribution in [0.5, 0.6) is 0 Å². The number of rotatable bonds is 14. The number of carbonyl (C=O) groups is 4. The summed E-state index contributed by atoms with van der Waals surface area (Å²) >= 11 is 0. The van der Waals surface area contributed by atoms with Crippen molar-refractivity contribution in [1.82, 2.24) is 40.4 Å². The Morgan fingerprint density at radius 2 is 1.30 bits per heavy atom. The molecule has 2 aromatic heterocycles. The molecule has 2 aliphatic rings. The van der Waals surface area contributed by atoms with Gasteiger partial charge in [0.15, 0.2) is 0 Å². The molecule has 0 unspecified atom stereocenters. The summed E-state index contributed by atoms with van der Waals surface area (Å²) in [4.78, 5) is 71.7. The van der Waals surface area contributed by atoms with Crippen molar-refractivity contribution in [1.29, 1.82) is 0 Å². The first-order valence-electron chi connectivity index (χ1n) is 21.8. The number of aromatic amines is 2. The van der Waals surface area contributed by atoms with E-state index in [9.17, 15) is 28.0 Å². The molecular formula is C49H52F2N8O8. The van der Waals surface area contributed by atoms with E-state index in [1.807, 2.05) is 48.5 Å². The van der Waals surface area contributed by atoms with E-state index in [4.69, 9.17) is 23.9 Å². The van der Waals surface area contributed by atoms with Crippen LogP contribution < -0.4 is 10.6 Å². The Balaban J connectivity index is 0.964. The normalized spacial score (nSPS) is 18.2. The minimum atomic E-state index is -3.04. The summed E-state index contributed by atoms with van der Waals surface area (Å²) in [5.74, 6) is 0.237. The molecule has 0 spiro atoms. The zero-order valence-electron chi connectivity index (χ0n) is 37.6. The molecule has 16 nitrogen and oxygen atoms in total. The molecule has 4 amide bonds. The van der Waals surface area contributed by atoms with Crippen molar-refractivity contribution in [2.45, 2.75) is 75.6 Å². The number of imidazole rings is 2. The number of benzene rings is 4. The molecule has 0 bridgehead atoms. The molecule has 4 heterocycles. The fourth-order valence-corrected chi connectivity index (χ4v) is 8.87. The molecule has 5 atom stereocenters. The highest BCUT2D eigenvalue weighted by molar-refractivity contribution is 5.91. The Morgan fingerprint density at radius 3 is 1.94 bits per heavy atom. The highest BCUT2D eigenvalue weighted by atomic mass is 19.3. The molecule has 6 aromatic rings. The highest BCUT2D eigenvalue weighted by Gasteiger charge is 2.46. The van der Waals surface area contributed by atoms with Crippen LogP contribution in [0.25, 0.3) is 44.4 Å². The number of alkyl carbamates (subject to hydrolysis) is 2. The maximum absolute atomic E-state index is 14.1. The zero-order chi connectivity index (χ0) is 47.4.